The van der Waals surface area contributed by atoms with Crippen molar-refractivity contribution in [3.63, 3.8) is 0 Å². The number of hydrogen-bond donors (Lipinski definition) is 12. The second kappa shape index (κ2) is 47.0. The molecule has 0 aliphatic heterocycles. The average molecular weight is 1690 g/mol. The van der Waals surface area contributed by atoms with Gasteiger partial charge in [-0.3, -0.25) is 9.59 Å². The van der Waals surface area contributed by atoms with E-state index in [1.54, 1.807) is 81.5 Å². The van der Waals surface area contributed by atoms with Gasteiger partial charge in [-0.05, 0) is 221 Å². The summed E-state index contributed by atoms with van der Waals surface area (Å²) in [4.78, 5) is 34.8. The molecule has 0 aliphatic rings. The first-order valence-electron chi connectivity index (χ1n) is 34.8. The van der Waals surface area contributed by atoms with E-state index in [-0.39, 0.29) is 104 Å². The highest BCUT2D eigenvalue weighted by atomic mass is 79.9. The number of nitrogens with two attached hydrogens (primary N) is 2. The van der Waals surface area contributed by atoms with Crippen LogP contribution in [0.1, 0.15) is 106 Å². The molecule has 27 heteroatoms. The standard InChI is InChI=1S/C20H17N3O3S.C17H14N2O3.C16H10N4.C14H16BrNO.C13H11N3O.C11H9NO2S.CH4/c1-12(24)14(10-21)7-13-8-15(19(25)18(9-13)26-2)11-27-20-22-16-5-3-4-6-17(16)23-20;18-10-14(8-13-6-7-15(20)16(21)9-13)17(22)19-11-12-4-2-1-3-5-12;1-2-12(9-17)16(19)14(10-18)8-11-3-4-15-13(7-11)5-6-20-15;1-9(8-16)5-10-6-11(14(2,3)4)13(17)12(15)7-10;1-9(7-14)13(16)11(8-15)6-10-2-4-12(17)5-3-10;1-7(15)9(6-12)4-8-2-3-10(13)11(14)5-8;/h3-9,25H,11H2,1-2H3,(H,22,23);1-9,20-21H,11H2,(H,19,22);1,3-8,20H,19H2;5-7,17H,1-4H3;2-6,17H,16H2,1H3;2-5,13-14H,1H3;1H4/b14-7+;14-8+;14-8+,16-12+;9-5-;11-6+,13-9+;9-4+;. The maximum Gasteiger partial charge on any atom is 0.262 e. The molecular weight excluding hydrogens is 1610 g/mol. The summed E-state index contributed by atoms with van der Waals surface area (Å²) >= 11 is 9.65. The van der Waals surface area contributed by atoms with E-state index in [1.165, 1.54) is 80.4 Å². The first kappa shape index (κ1) is 95.6. The van der Waals surface area contributed by atoms with Crippen LogP contribution in [0.25, 0.3) is 58.4 Å². The van der Waals surface area contributed by atoms with Crippen LogP contribution < -0.4 is 21.5 Å². The number of para-hydroxylation sites is 2. The highest BCUT2D eigenvalue weighted by molar-refractivity contribution is 9.10. The summed E-state index contributed by atoms with van der Waals surface area (Å²) in [6.07, 6.45) is 16.4. The third kappa shape index (κ3) is 29.6. The smallest absolute Gasteiger partial charge is 0.262 e. The second-order valence-electron chi connectivity index (χ2n) is 25.9. The molecule has 14 N–H and O–H groups in total. The number of aromatic amines is 2. The van der Waals surface area contributed by atoms with Crippen molar-refractivity contribution in [1.82, 2.24) is 20.3 Å². The molecule has 0 radical (unpaired) electrons. The molecule has 2 aromatic heterocycles. The van der Waals surface area contributed by atoms with Crippen molar-refractivity contribution >= 4 is 115 Å². The fourth-order valence-corrected chi connectivity index (χ4v) is 11.4. The molecule has 598 valence electrons. The van der Waals surface area contributed by atoms with Gasteiger partial charge in [-0.1, -0.05) is 131 Å². The number of hydrogen-bond acceptors (Lipinski definition) is 23. The molecule has 0 aliphatic carbocycles. The Morgan fingerprint density at radius 1 is 0.571 bits per heavy atom. The van der Waals surface area contributed by atoms with E-state index in [2.05, 4.69) is 48.2 Å². The number of rotatable bonds is 17. The van der Waals surface area contributed by atoms with Crippen LogP contribution in [-0.4, -0.2) is 74.4 Å². The lowest BCUT2D eigenvalue weighted by molar-refractivity contribution is -0.117. The molecule has 0 fully saturated rings. The molecule has 10 aromatic rings. The topological polar surface area (TPSA) is 484 Å². The lowest BCUT2D eigenvalue weighted by atomic mass is 9.85. The number of phenolic OH excluding ortho intramolecular Hbond substituents is 7. The number of carbonyl (C=O) groups is 2. The number of nitriles is 8. The molecule has 0 saturated carbocycles. The number of halogens is 1. The molecule has 1 amide bonds. The van der Waals surface area contributed by atoms with Gasteiger partial charge in [0.25, 0.3) is 5.91 Å². The molecule has 0 unspecified atom stereocenters. The van der Waals surface area contributed by atoms with Crippen LogP contribution in [0.3, 0.4) is 0 Å². The Balaban J connectivity index is 0.000000303. The van der Waals surface area contributed by atoms with Gasteiger partial charge < -0.3 is 67.2 Å². The number of terminal acetylenes is 1. The Labute approximate surface area is 707 Å². The zero-order valence-electron chi connectivity index (χ0n) is 64.9. The summed E-state index contributed by atoms with van der Waals surface area (Å²) in [6, 6.07) is 61.8. The molecule has 0 spiro atoms. The number of aromatic hydroxyl groups is 7. The Bertz CT molecular complexity index is 6050. The monoisotopic (exact) mass is 1680 g/mol. The first-order chi connectivity index (χ1) is 56.2. The summed E-state index contributed by atoms with van der Waals surface area (Å²) in [5.41, 5.74) is 22.5. The number of carbonyl (C=O) groups excluding carboxylic acids is 2. The van der Waals surface area contributed by atoms with Crippen molar-refractivity contribution in [1.29, 1.82) is 42.1 Å². The number of thiocarbonyl (C=S) groups is 1. The molecule has 0 saturated heterocycles. The highest BCUT2D eigenvalue weighted by Crippen LogP contribution is 2.39. The molecule has 0 bridgehead atoms. The van der Waals surface area contributed by atoms with Gasteiger partial charge in [0.2, 0.25) is 0 Å². The van der Waals surface area contributed by atoms with Crippen LogP contribution in [0.15, 0.2) is 236 Å². The largest absolute Gasteiger partial charge is 0.508 e. The summed E-state index contributed by atoms with van der Waals surface area (Å²) in [5, 5.41) is 142. The summed E-state index contributed by atoms with van der Waals surface area (Å²) in [6.45, 7) is 12.8. The van der Waals surface area contributed by atoms with Crippen LogP contribution >= 0.6 is 39.9 Å². The number of nitrogens with one attached hydrogen (secondary N) is 3. The Kier molecular flexibility index (Phi) is 37.8. The van der Waals surface area contributed by atoms with Gasteiger partial charge in [0.1, 0.15) is 59.1 Å². The number of allylic oxidation sites excluding steroid dienone is 7. The van der Waals surface area contributed by atoms with Crippen LogP contribution in [-0.2, 0) is 27.3 Å². The lowest BCUT2D eigenvalue weighted by Gasteiger charge is -2.21. The number of methoxy groups -OCH3 is 1. The van der Waals surface area contributed by atoms with E-state index in [0.717, 1.165) is 54.9 Å². The molecule has 119 heavy (non-hydrogen) atoms. The normalized spacial score (nSPS) is 11.5. The molecule has 24 nitrogen and oxygen atoms in total. The summed E-state index contributed by atoms with van der Waals surface area (Å²) in [7, 11) is 1.45. The molecular formula is C92H81BrN14O10S2. The summed E-state index contributed by atoms with van der Waals surface area (Å²) < 4.78 is 5.88. The number of ether oxygens (including phenoxy) is 1. The van der Waals surface area contributed by atoms with E-state index in [1.807, 2.05) is 154 Å². The molecule has 10 rings (SSSR count). The number of thioether (sulfide) groups is 1. The predicted octanol–water partition coefficient (Wildman–Crippen LogP) is 18.3. The number of H-pyrrole nitrogens is 2. The maximum atomic E-state index is 12.0. The van der Waals surface area contributed by atoms with Gasteiger partial charge >= 0.3 is 0 Å². The van der Waals surface area contributed by atoms with Gasteiger partial charge in [-0.25, -0.2) is 4.98 Å². The number of imidazole rings is 1. The van der Waals surface area contributed by atoms with E-state index in [9.17, 15) is 35.1 Å². The van der Waals surface area contributed by atoms with Crippen LogP contribution in [0.2, 0.25) is 0 Å². The Morgan fingerprint density at radius 2 is 1.10 bits per heavy atom. The zero-order chi connectivity index (χ0) is 87.3. The molecule has 2 heterocycles. The number of phenols is 7. The maximum absolute atomic E-state index is 12.0. The van der Waals surface area contributed by atoms with Crippen LogP contribution in [0.4, 0.5) is 0 Å². The number of ketones is 1. The van der Waals surface area contributed by atoms with Crippen molar-refractivity contribution in [3.8, 4) is 107 Å². The third-order valence-corrected chi connectivity index (χ3v) is 17.9. The van der Waals surface area contributed by atoms with Gasteiger partial charge in [0, 0.05) is 45.6 Å². The number of benzene rings is 8. The van der Waals surface area contributed by atoms with Crippen molar-refractivity contribution in [2.24, 2.45) is 11.5 Å². The molecule has 0 atom stereocenters. The third-order valence-electron chi connectivity index (χ3n) is 16.2. The number of aromatic nitrogens is 3. The minimum atomic E-state index is -0.501. The van der Waals surface area contributed by atoms with Gasteiger partial charge in [0.05, 0.1) is 74.0 Å². The number of nitrogens with zero attached hydrogens (tertiary/aromatic N) is 9. The number of amides is 1. The van der Waals surface area contributed by atoms with Gasteiger partial charge in [-0.2, -0.15) is 42.1 Å². The van der Waals surface area contributed by atoms with Crippen LogP contribution in [0, 0.1) is 103 Å². The fourth-order valence-electron chi connectivity index (χ4n) is 9.92. The highest BCUT2D eigenvalue weighted by Gasteiger charge is 2.21. The van der Waals surface area contributed by atoms with Gasteiger partial charge in [0.15, 0.2) is 45.4 Å². The zero-order valence-corrected chi connectivity index (χ0v) is 68.1. The first-order valence-corrected chi connectivity index (χ1v) is 37.0. The Hall–Kier alpha value is -15.8. The Morgan fingerprint density at radius 3 is 1.63 bits per heavy atom. The average Bonchev–Trinajstić information content (AvgIpc) is 1.13. The minimum Gasteiger partial charge on any atom is -0.508 e. The van der Waals surface area contributed by atoms with E-state index < -0.39 is 5.91 Å². The second-order valence-corrected chi connectivity index (χ2v) is 28.3. The van der Waals surface area contributed by atoms with Crippen molar-refractivity contribution in [3.05, 3.63) is 281 Å². The quantitative estimate of drug-likeness (QED) is 0.00766. The molecule has 8 aromatic carbocycles. The fraction of sp³-hybridized carbons (Fsp3) is 0.130. The SMILES string of the molecule is C.C#C/C(C#N)=C(N)/C(C#N)=C/c1ccc2[nH]ccc2c1.C/C(C#N)=C(N)/C(C#N)=C/c1ccc(O)cc1.C/C(C#N)=C/c1cc(Br)c(O)c(C(C)(C)C)c1.CC(=S)/C(C#N)=C/c1ccc(O)c(O)c1.COc1cc(/C=C(\C#N)C(C)=O)cc(CSc2nc3ccccc3[nH]2)c1O.N#C/C(=C\c1ccc(O)c(O)c1)C(=O)NCc1ccccc1. The van der Waals surface area contributed by atoms with E-state index in [0.29, 0.717) is 60.6 Å². The van der Waals surface area contributed by atoms with Crippen molar-refractivity contribution in [2.45, 2.75) is 78.8 Å². The van der Waals surface area contributed by atoms with E-state index >= 15 is 0 Å². The van der Waals surface area contributed by atoms with Gasteiger partial charge in [-0.15, -0.1) is 6.42 Å². The lowest BCUT2D eigenvalue weighted by Crippen LogP contribution is -2.23. The van der Waals surface area contributed by atoms with Crippen molar-refractivity contribution < 1.29 is 50.1 Å². The predicted molar refractivity (Wildman–Crippen MR) is 470 cm³/mol. The number of Topliss-reactive ketones (excluding diaryl/α,β-unsaturated/α-hetero) is 1. The van der Waals surface area contributed by atoms with Crippen LogP contribution in [0.5, 0.6) is 46.0 Å². The minimum absolute atomic E-state index is 0. The summed E-state index contributed by atoms with van der Waals surface area (Å²) in [5.74, 6) is 1.54. The number of fused-ring (bicyclic) bond motifs is 2. The van der Waals surface area contributed by atoms with Crippen molar-refractivity contribution in [2.75, 3.05) is 7.11 Å². The van der Waals surface area contributed by atoms with E-state index in [4.69, 9.17) is 87.2 Å².